The van der Waals surface area contributed by atoms with E-state index in [-0.39, 0.29) is 11.7 Å². The molecule has 2 unspecified atom stereocenters. The molecule has 0 radical (unpaired) electrons. The molecular formula is C7H12BrIO3S. The molecule has 0 aromatic carbocycles. The Labute approximate surface area is 100 Å². The van der Waals surface area contributed by atoms with E-state index in [1.54, 1.807) is 29.5 Å². The number of halogens is 2. The van der Waals surface area contributed by atoms with Crippen LogP contribution in [0.25, 0.3) is 0 Å². The zero-order chi connectivity index (χ0) is 10.3. The zero-order valence-electron chi connectivity index (χ0n) is 7.20. The molecule has 13 heavy (non-hydrogen) atoms. The molecule has 6 heteroatoms. The number of hydrogen-bond acceptors (Lipinski definition) is 3. The van der Waals surface area contributed by atoms with E-state index >= 15 is 0 Å². The van der Waals surface area contributed by atoms with Crippen LogP contribution in [-0.4, -0.2) is 27.0 Å². The number of alkyl halides is 2. The van der Waals surface area contributed by atoms with Crippen LogP contribution >= 0.6 is 38.5 Å². The second-order valence-electron chi connectivity index (χ2n) is 3.25. The van der Waals surface area contributed by atoms with E-state index in [0.29, 0.717) is 0 Å². The molecule has 0 spiro atoms. The fourth-order valence-corrected chi connectivity index (χ4v) is 4.51. The molecule has 1 aliphatic carbocycles. The van der Waals surface area contributed by atoms with Crippen LogP contribution in [0.15, 0.2) is 0 Å². The zero-order valence-corrected chi connectivity index (χ0v) is 11.8. The van der Waals surface area contributed by atoms with E-state index in [0.717, 1.165) is 12.8 Å². The summed E-state index contributed by atoms with van der Waals surface area (Å²) in [4.78, 5) is 0. The maximum atomic E-state index is 11.6. The summed E-state index contributed by atoms with van der Waals surface area (Å²) in [7, 11) is -3.25. The Morgan fingerprint density at radius 3 is 2.46 bits per heavy atom. The lowest BCUT2D eigenvalue weighted by Gasteiger charge is -2.25. The van der Waals surface area contributed by atoms with Crippen molar-refractivity contribution in [3.05, 3.63) is 0 Å². The lowest BCUT2D eigenvalue weighted by Crippen LogP contribution is -2.40. The molecule has 78 valence electrons. The number of aliphatic hydroxyl groups is 1. The van der Waals surface area contributed by atoms with E-state index in [4.69, 9.17) is 0 Å². The summed E-state index contributed by atoms with van der Waals surface area (Å²) in [6, 6.07) is 0. The Balaban J connectivity index is 2.85. The maximum Gasteiger partial charge on any atom is 0.203 e. The Morgan fingerprint density at radius 2 is 2.15 bits per heavy atom. The van der Waals surface area contributed by atoms with Gasteiger partial charge in [-0.25, -0.2) is 8.42 Å². The van der Waals surface area contributed by atoms with Crippen molar-refractivity contribution >= 4 is 48.4 Å². The molecule has 1 N–H and O–H groups in total. The summed E-state index contributed by atoms with van der Waals surface area (Å²) in [5.74, 6) is 0.197. The van der Waals surface area contributed by atoms with Crippen LogP contribution in [0.3, 0.4) is 0 Å². The summed E-state index contributed by atoms with van der Waals surface area (Å²) in [6.07, 6.45) is 1.06. The fourth-order valence-electron chi connectivity index (χ4n) is 1.06. The molecule has 1 aliphatic rings. The summed E-state index contributed by atoms with van der Waals surface area (Å²) < 4.78 is 22.0. The monoisotopic (exact) mass is 382 g/mol. The molecule has 0 bridgehead atoms. The Morgan fingerprint density at radius 1 is 1.69 bits per heavy atom. The summed E-state index contributed by atoms with van der Waals surface area (Å²) in [5, 5.41) is 9.75. The van der Waals surface area contributed by atoms with Crippen LogP contribution in [0.5, 0.6) is 0 Å². The molecule has 0 heterocycles. The van der Waals surface area contributed by atoms with Crippen molar-refractivity contribution in [1.82, 2.24) is 0 Å². The Bertz CT molecular complexity index is 284. The molecule has 0 saturated heterocycles. The first-order valence-corrected chi connectivity index (χ1v) is 7.63. The predicted molar refractivity (Wildman–Crippen MR) is 63.9 cm³/mol. The van der Waals surface area contributed by atoms with Crippen LogP contribution in [0, 0.1) is 5.92 Å². The number of aliphatic hydroxyl groups excluding tert-OH is 1. The van der Waals surface area contributed by atoms with E-state index < -0.39 is 17.6 Å². The van der Waals surface area contributed by atoms with Crippen LogP contribution in [0.1, 0.15) is 19.8 Å². The minimum absolute atomic E-state index is 0.0466. The van der Waals surface area contributed by atoms with Gasteiger partial charge < -0.3 is 5.11 Å². The normalized spacial score (nSPS) is 25.2. The second kappa shape index (κ2) is 3.94. The third-order valence-electron chi connectivity index (χ3n) is 2.21. The number of sulfone groups is 1. The number of rotatable bonds is 4. The van der Waals surface area contributed by atoms with Gasteiger partial charge >= 0.3 is 0 Å². The quantitative estimate of drug-likeness (QED) is 0.594. The van der Waals surface area contributed by atoms with Gasteiger partial charge in [-0.05, 0) is 41.4 Å². The first kappa shape index (κ1) is 12.2. The van der Waals surface area contributed by atoms with Crippen molar-refractivity contribution in [1.29, 1.82) is 0 Å². The lowest BCUT2D eigenvalue weighted by atomic mass is 10.3. The molecule has 1 rings (SSSR count). The fraction of sp³-hybridized carbons (Fsp3) is 1.00. The highest BCUT2D eigenvalue weighted by Crippen LogP contribution is 2.47. The average Bonchev–Trinajstić information content (AvgIpc) is 2.85. The van der Waals surface area contributed by atoms with Crippen molar-refractivity contribution in [3.63, 3.8) is 0 Å². The standard InChI is InChI=1S/C7H12BrIO3S/c1-2-13(11,12)7(8,9)6(10)5-3-4-5/h5-6,10H,2-4H2,1H3. The highest BCUT2D eigenvalue weighted by molar-refractivity contribution is 14.1. The molecule has 1 fully saturated rings. The van der Waals surface area contributed by atoms with Crippen LogP contribution in [0.2, 0.25) is 0 Å². The largest absolute Gasteiger partial charge is 0.389 e. The molecule has 0 aromatic heterocycles. The van der Waals surface area contributed by atoms with Gasteiger partial charge in [0, 0.05) is 5.75 Å². The van der Waals surface area contributed by atoms with Crippen molar-refractivity contribution in [2.24, 2.45) is 5.92 Å². The third-order valence-corrected chi connectivity index (χ3v) is 8.64. The SMILES string of the molecule is CCS(=O)(=O)C(Br)(I)C(O)C1CC1. The maximum absolute atomic E-state index is 11.6. The minimum atomic E-state index is -3.25. The van der Waals surface area contributed by atoms with Gasteiger partial charge in [-0.3, -0.25) is 0 Å². The molecule has 2 atom stereocenters. The van der Waals surface area contributed by atoms with Crippen LogP contribution in [0.4, 0.5) is 0 Å². The van der Waals surface area contributed by atoms with Crippen molar-refractivity contribution < 1.29 is 13.5 Å². The van der Waals surface area contributed by atoms with Gasteiger partial charge in [0.25, 0.3) is 0 Å². The molecular weight excluding hydrogens is 371 g/mol. The first-order chi connectivity index (χ1) is 5.83. The smallest absolute Gasteiger partial charge is 0.203 e. The van der Waals surface area contributed by atoms with E-state index in [1.165, 1.54) is 0 Å². The van der Waals surface area contributed by atoms with E-state index in [2.05, 4.69) is 15.9 Å². The summed E-state index contributed by atoms with van der Waals surface area (Å²) in [6.45, 7) is 1.59. The Hall–Kier alpha value is 1.12. The third kappa shape index (κ3) is 2.38. The van der Waals surface area contributed by atoms with Gasteiger partial charge in [0.1, 0.15) is 0 Å². The first-order valence-electron chi connectivity index (χ1n) is 4.11. The van der Waals surface area contributed by atoms with Crippen molar-refractivity contribution in [2.75, 3.05) is 5.75 Å². The molecule has 3 nitrogen and oxygen atoms in total. The lowest BCUT2D eigenvalue weighted by molar-refractivity contribution is 0.164. The highest BCUT2D eigenvalue weighted by atomic mass is 127. The van der Waals surface area contributed by atoms with Gasteiger partial charge in [0.2, 0.25) is 1.66 Å². The summed E-state index contributed by atoms with van der Waals surface area (Å²) in [5.41, 5.74) is 0. The average molecular weight is 383 g/mol. The molecule has 1 saturated carbocycles. The van der Waals surface area contributed by atoms with Crippen molar-refractivity contribution in [2.45, 2.75) is 27.5 Å². The van der Waals surface area contributed by atoms with Gasteiger partial charge in [-0.1, -0.05) is 22.9 Å². The number of hydrogen-bond donors (Lipinski definition) is 1. The minimum Gasteiger partial charge on any atom is -0.389 e. The second-order valence-corrected chi connectivity index (χ2v) is 11.4. The van der Waals surface area contributed by atoms with Crippen LogP contribution in [-0.2, 0) is 9.84 Å². The molecule has 0 amide bonds. The van der Waals surface area contributed by atoms with E-state index in [9.17, 15) is 13.5 Å². The van der Waals surface area contributed by atoms with Gasteiger partial charge in [-0.15, -0.1) is 0 Å². The van der Waals surface area contributed by atoms with Gasteiger partial charge in [0.15, 0.2) is 9.84 Å². The Kier molecular flexibility index (Phi) is 3.69. The van der Waals surface area contributed by atoms with Gasteiger partial charge in [0.05, 0.1) is 6.10 Å². The molecule has 0 aromatic rings. The highest BCUT2D eigenvalue weighted by Gasteiger charge is 2.50. The van der Waals surface area contributed by atoms with E-state index in [1.807, 2.05) is 0 Å². The van der Waals surface area contributed by atoms with Crippen LogP contribution < -0.4 is 0 Å². The predicted octanol–water partition coefficient (Wildman–Crippen LogP) is 1.68. The van der Waals surface area contributed by atoms with Crippen molar-refractivity contribution in [3.8, 4) is 0 Å². The molecule has 0 aliphatic heterocycles. The van der Waals surface area contributed by atoms with Gasteiger partial charge in [-0.2, -0.15) is 0 Å². The topological polar surface area (TPSA) is 54.4 Å². The summed E-state index contributed by atoms with van der Waals surface area (Å²) >= 11 is 4.90.